The van der Waals surface area contributed by atoms with E-state index in [0.717, 1.165) is 40.2 Å². The molecule has 1 amide bonds. The van der Waals surface area contributed by atoms with Gasteiger partial charge in [0.05, 0.1) is 16.3 Å². The number of carbonyl (C=O) groups is 1. The average molecular weight is 466 g/mol. The Morgan fingerprint density at radius 1 is 1.13 bits per heavy atom. The zero-order chi connectivity index (χ0) is 20.3. The molecule has 7 heteroatoms. The van der Waals surface area contributed by atoms with Crippen LogP contribution in [0.25, 0.3) is 11.1 Å². The van der Waals surface area contributed by atoms with Crippen molar-refractivity contribution in [3.8, 4) is 11.1 Å². The number of nitrogens with two attached hydrogens (primary N) is 1. The highest BCUT2D eigenvalue weighted by Crippen LogP contribution is 2.36. The third-order valence-electron chi connectivity index (χ3n) is 4.69. The Morgan fingerprint density at radius 3 is 2.33 bits per heavy atom. The molecule has 0 saturated heterocycles. The molecular weight excluding hydrogens is 437 g/mol. The first-order valence-electron chi connectivity index (χ1n) is 9.55. The zero-order valence-electron chi connectivity index (χ0n) is 17.7. The van der Waals surface area contributed by atoms with Gasteiger partial charge in [-0.25, -0.2) is 0 Å². The molecule has 0 saturated carbocycles. The van der Waals surface area contributed by atoms with Gasteiger partial charge in [-0.1, -0.05) is 49.7 Å². The molecule has 0 fully saturated rings. The van der Waals surface area contributed by atoms with Gasteiger partial charge in [-0.15, -0.1) is 36.2 Å². The van der Waals surface area contributed by atoms with Gasteiger partial charge in [0.25, 0.3) is 5.91 Å². The fourth-order valence-electron chi connectivity index (χ4n) is 3.35. The average Bonchev–Trinajstić information content (AvgIpc) is 3.18. The number of halogens is 2. The van der Waals surface area contributed by atoms with Gasteiger partial charge in [-0.05, 0) is 48.8 Å². The van der Waals surface area contributed by atoms with Gasteiger partial charge in [0.15, 0.2) is 0 Å². The van der Waals surface area contributed by atoms with E-state index < -0.39 is 0 Å². The van der Waals surface area contributed by atoms with Gasteiger partial charge in [0, 0.05) is 17.8 Å². The van der Waals surface area contributed by atoms with E-state index in [1.165, 1.54) is 16.9 Å². The molecule has 3 rings (SSSR count). The molecule has 0 radical (unpaired) electrons. The Hall–Kier alpha value is -1.92. The zero-order valence-corrected chi connectivity index (χ0v) is 20.1. The third kappa shape index (κ3) is 5.82. The molecule has 0 spiro atoms. The molecule has 3 N–H and O–H groups in total. The van der Waals surface area contributed by atoms with Crippen molar-refractivity contribution in [1.82, 2.24) is 4.98 Å². The standard InChI is InChI=1S/C23H27N3OS.2ClH/c1-14(2)12-19-18(13-24)21(17-9-7-15(3)8-10-17)22(16(4)25-19)26-23(27)20-6-5-11-28-20;;/h5-11,14H,12-13,24H2,1-4H3,(H,26,27);2*1H. The van der Waals surface area contributed by atoms with E-state index in [0.29, 0.717) is 17.3 Å². The molecule has 0 aliphatic carbocycles. The molecule has 1 aromatic carbocycles. The number of aromatic nitrogens is 1. The van der Waals surface area contributed by atoms with E-state index in [1.807, 2.05) is 24.4 Å². The summed E-state index contributed by atoms with van der Waals surface area (Å²) in [6.45, 7) is 8.74. The number of thiophene rings is 1. The van der Waals surface area contributed by atoms with Crippen molar-refractivity contribution >= 4 is 47.7 Å². The second kappa shape index (κ2) is 11.5. The van der Waals surface area contributed by atoms with E-state index in [1.54, 1.807) is 0 Å². The lowest BCUT2D eigenvalue weighted by Crippen LogP contribution is -2.17. The largest absolute Gasteiger partial charge is 0.326 e. The normalized spacial score (nSPS) is 10.3. The lowest BCUT2D eigenvalue weighted by atomic mass is 9.92. The second-order valence-electron chi connectivity index (χ2n) is 7.47. The number of amides is 1. The number of nitrogens with one attached hydrogen (secondary N) is 1. The van der Waals surface area contributed by atoms with E-state index in [4.69, 9.17) is 10.7 Å². The smallest absolute Gasteiger partial charge is 0.265 e. The number of benzene rings is 1. The maximum absolute atomic E-state index is 12.8. The highest BCUT2D eigenvalue weighted by molar-refractivity contribution is 7.12. The van der Waals surface area contributed by atoms with E-state index in [9.17, 15) is 4.79 Å². The molecule has 30 heavy (non-hydrogen) atoms. The minimum Gasteiger partial charge on any atom is -0.326 e. The Bertz CT molecular complexity index is 971. The van der Waals surface area contributed by atoms with Crippen molar-refractivity contribution in [2.24, 2.45) is 11.7 Å². The van der Waals surface area contributed by atoms with Crippen LogP contribution in [0, 0.1) is 19.8 Å². The first-order valence-corrected chi connectivity index (χ1v) is 10.4. The number of carbonyl (C=O) groups excluding carboxylic acids is 1. The fraction of sp³-hybridized carbons (Fsp3) is 0.304. The molecule has 0 unspecified atom stereocenters. The van der Waals surface area contributed by atoms with Crippen molar-refractivity contribution in [3.63, 3.8) is 0 Å². The van der Waals surface area contributed by atoms with Crippen LogP contribution in [-0.4, -0.2) is 10.9 Å². The van der Waals surface area contributed by atoms with Gasteiger partial charge in [0.1, 0.15) is 0 Å². The van der Waals surface area contributed by atoms with E-state index in [2.05, 4.69) is 50.4 Å². The molecule has 0 aliphatic heterocycles. The van der Waals surface area contributed by atoms with Crippen molar-refractivity contribution in [1.29, 1.82) is 0 Å². The molecule has 3 aromatic rings. The van der Waals surface area contributed by atoms with Crippen molar-refractivity contribution in [2.45, 2.75) is 40.7 Å². The number of rotatable bonds is 6. The maximum Gasteiger partial charge on any atom is 0.265 e. The number of pyridine rings is 1. The molecule has 4 nitrogen and oxygen atoms in total. The van der Waals surface area contributed by atoms with Crippen molar-refractivity contribution in [3.05, 3.63) is 69.2 Å². The lowest BCUT2D eigenvalue weighted by Gasteiger charge is -2.21. The first-order chi connectivity index (χ1) is 13.4. The van der Waals surface area contributed by atoms with Crippen LogP contribution in [0.1, 0.15) is 46.0 Å². The lowest BCUT2D eigenvalue weighted by molar-refractivity contribution is 0.103. The van der Waals surface area contributed by atoms with E-state index >= 15 is 0 Å². The van der Waals surface area contributed by atoms with Crippen LogP contribution in [0.5, 0.6) is 0 Å². The Balaban J connectivity index is 0.00000225. The maximum atomic E-state index is 12.8. The van der Waals surface area contributed by atoms with Crippen LogP contribution >= 0.6 is 36.2 Å². The Labute approximate surface area is 195 Å². The predicted molar refractivity (Wildman–Crippen MR) is 132 cm³/mol. The summed E-state index contributed by atoms with van der Waals surface area (Å²) >= 11 is 1.42. The summed E-state index contributed by atoms with van der Waals surface area (Å²) in [5, 5.41) is 5.00. The molecular formula is C23H29Cl2N3OS. The topological polar surface area (TPSA) is 68.0 Å². The highest BCUT2D eigenvalue weighted by atomic mass is 35.5. The van der Waals surface area contributed by atoms with Gasteiger partial charge < -0.3 is 11.1 Å². The van der Waals surface area contributed by atoms with Crippen molar-refractivity contribution < 1.29 is 4.79 Å². The molecule has 2 heterocycles. The quantitative estimate of drug-likeness (QED) is 0.456. The van der Waals surface area contributed by atoms with Gasteiger partial charge in [-0.3, -0.25) is 9.78 Å². The summed E-state index contributed by atoms with van der Waals surface area (Å²) < 4.78 is 0. The molecule has 162 valence electrons. The van der Waals surface area contributed by atoms with E-state index in [-0.39, 0.29) is 30.7 Å². The molecule has 0 aliphatic rings. The fourth-order valence-corrected chi connectivity index (χ4v) is 3.97. The summed E-state index contributed by atoms with van der Waals surface area (Å²) in [5.74, 6) is 0.350. The molecule has 0 bridgehead atoms. The Kier molecular flexibility index (Phi) is 9.98. The predicted octanol–water partition coefficient (Wildman–Crippen LogP) is 6.18. The minimum atomic E-state index is -0.118. The number of nitrogens with zero attached hydrogens (tertiary/aromatic N) is 1. The number of anilines is 1. The van der Waals surface area contributed by atoms with Gasteiger partial charge >= 0.3 is 0 Å². The SMILES string of the molecule is Cc1ccc(-c2c(CN)c(CC(C)C)nc(C)c2NC(=O)c2cccs2)cc1.Cl.Cl. The van der Waals surface area contributed by atoms with Crippen LogP contribution in [0.2, 0.25) is 0 Å². The highest BCUT2D eigenvalue weighted by Gasteiger charge is 2.21. The van der Waals surface area contributed by atoms with Gasteiger partial charge in [0.2, 0.25) is 0 Å². The number of aryl methyl sites for hydroxylation is 2. The third-order valence-corrected chi connectivity index (χ3v) is 5.56. The number of hydrogen-bond donors (Lipinski definition) is 2. The summed E-state index contributed by atoms with van der Waals surface area (Å²) in [7, 11) is 0. The Morgan fingerprint density at radius 2 is 1.80 bits per heavy atom. The summed E-state index contributed by atoms with van der Waals surface area (Å²) in [6.07, 6.45) is 0.853. The molecule has 2 aromatic heterocycles. The van der Waals surface area contributed by atoms with Crippen LogP contribution in [-0.2, 0) is 13.0 Å². The summed E-state index contributed by atoms with van der Waals surface area (Å²) in [5.41, 5.74) is 13.0. The molecule has 0 atom stereocenters. The minimum absolute atomic E-state index is 0. The summed E-state index contributed by atoms with van der Waals surface area (Å²) in [6, 6.07) is 12.0. The van der Waals surface area contributed by atoms with Gasteiger partial charge in [-0.2, -0.15) is 0 Å². The van der Waals surface area contributed by atoms with Crippen LogP contribution in [0.3, 0.4) is 0 Å². The van der Waals surface area contributed by atoms with Crippen LogP contribution < -0.4 is 11.1 Å². The number of hydrogen-bond acceptors (Lipinski definition) is 4. The monoisotopic (exact) mass is 465 g/mol. The van der Waals surface area contributed by atoms with Crippen LogP contribution in [0.4, 0.5) is 5.69 Å². The summed E-state index contributed by atoms with van der Waals surface area (Å²) in [4.78, 5) is 18.3. The van der Waals surface area contributed by atoms with Crippen molar-refractivity contribution in [2.75, 3.05) is 5.32 Å². The first kappa shape index (κ1) is 26.1. The second-order valence-corrected chi connectivity index (χ2v) is 8.42. The van der Waals surface area contributed by atoms with Crippen LogP contribution in [0.15, 0.2) is 41.8 Å².